The molecule has 1 heterocycles. The van der Waals surface area contributed by atoms with Gasteiger partial charge >= 0.3 is 0 Å². The predicted octanol–water partition coefficient (Wildman–Crippen LogP) is 2.25. The van der Waals surface area contributed by atoms with Crippen LogP contribution in [0.25, 0.3) is 0 Å². The average Bonchev–Trinajstić information content (AvgIpc) is 2.71. The second kappa shape index (κ2) is 5.64. The first-order chi connectivity index (χ1) is 9.40. The van der Waals surface area contributed by atoms with Crippen LogP contribution in [0.1, 0.15) is 6.92 Å². The van der Waals surface area contributed by atoms with Crippen LogP contribution in [0.3, 0.4) is 0 Å². The minimum absolute atomic E-state index is 0.273. The molecule has 0 spiro atoms. The number of anilines is 1. The predicted molar refractivity (Wildman–Crippen MR) is 75.5 cm³/mol. The van der Waals surface area contributed by atoms with Crippen molar-refractivity contribution in [1.82, 2.24) is 4.90 Å². The van der Waals surface area contributed by atoms with Gasteiger partial charge in [0, 0.05) is 17.2 Å². The Kier molecular flexibility index (Phi) is 4.11. The normalized spacial score (nSPS) is 15.7. The van der Waals surface area contributed by atoms with Crippen LogP contribution in [0.2, 0.25) is 10.0 Å². The van der Waals surface area contributed by atoms with Crippen molar-refractivity contribution in [1.29, 1.82) is 0 Å². The lowest BCUT2D eigenvalue weighted by Gasteiger charge is -2.21. The number of carbonyl (C=O) groups is 3. The maximum absolute atomic E-state index is 12.1. The number of amides is 3. The van der Waals surface area contributed by atoms with Crippen LogP contribution in [0.5, 0.6) is 0 Å². The van der Waals surface area contributed by atoms with Crippen molar-refractivity contribution >= 4 is 46.6 Å². The van der Waals surface area contributed by atoms with E-state index >= 15 is 0 Å². The molecule has 1 aromatic carbocycles. The summed E-state index contributed by atoms with van der Waals surface area (Å²) in [7, 11) is 0. The SMILES string of the molecule is CC(C(=O)Nc1ccc(Cl)cc1Cl)N1C(=O)C=CC1=O. The number of nitrogens with zero attached hydrogens (tertiary/aromatic N) is 1. The first kappa shape index (κ1) is 14.6. The van der Waals surface area contributed by atoms with E-state index in [-0.39, 0.29) is 5.02 Å². The third-order valence-corrected chi connectivity index (χ3v) is 3.35. The summed E-state index contributed by atoms with van der Waals surface area (Å²) in [5.41, 5.74) is 0.361. The first-order valence-corrected chi connectivity index (χ1v) is 6.47. The van der Waals surface area contributed by atoms with Crippen molar-refractivity contribution < 1.29 is 14.4 Å². The second-order valence-corrected chi connectivity index (χ2v) is 5.01. The lowest BCUT2D eigenvalue weighted by molar-refractivity contribution is -0.143. The van der Waals surface area contributed by atoms with E-state index in [0.29, 0.717) is 10.7 Å². The van der Waals surface area contributed by atoms with E-state index in [4.69, 9.17) is 23.2 Å². The zero-order chi connectivity index (χ0) is 14.9. The number of hydrogen-bond donors (Lipinski definition) is 1. The molecule has 104 valence electrons. The maximum atomic E-state index is 12.1. The minimum Gasteiger partial charge on any atom is -0.323 e. The Morgan fingerprint density at radius 1 is 1.20 bits per heavy atom. The summed E-state index contributed by atoms with van der Waals surface area (Å²) in [5, 5.41) is 3.27. The summed E-state index contributed by atoms with van der Waals surface area (Å²) < 4.78 is 0. The van der Waals surface area contributed by atoms with Gasteiger partial charge in [-0.3, -0.25) is 19.3 Å². The molecule has 20 heavy (non-hydrogen) atoms. The van der Waals surface area contributed by atoms with Gasteiger partial charge in [0.25, 0.3) is 11.8 Å². The number of nitrogens with one attached hydrogen (secondary N) is 1. The number of hydrogen-bond acceptors (Lipinski definition) is 3. The van der Waals surface area contributed by atoms with Crippen LogP contribution in [0.4, 0.5) is 5.69 Å². The number of halogens is 2. The van der Waals surface area contributed by atoms with Gasteiger partial charge in [-0.05, 0) is 25.1 Å². The summed E-state index contributed by atoms with van der Waals surface area (Å²) >= 11 is 11.7. The van der Waals surface area contributed by atoms with Crippen molar-refractivity contribution in [3.8, 4) is 0 Å². The van der Waals surface area contributed by atoms with E-state index in [0.717, 1.165) is 17.1 Å². The summed E-state index contributed by atoms with van der Waals surface area (Å²) in [6, 6.07) is 3.66. The fourth-order valence-corrected chi connectivity index (χ4v) is 2.19. The average molecular weight is 313 g/mol. The Labute approximate surface area is 125 Å². The number of benzene rings is 1. The van der Waals surface area contributed by atoms with Crippen LogP contribution < -0.4 is 5.32 Å². The van der Waals surface area contributed by atoms with Crippen LogP contribution in [-0.2, 0) is 14.4 Å². The number of carbonyl (C=O) groups excluding carboxylic acids is 3. The largest absolute Gasteiger partial charge is 0.323 e. The lowest BCUT2D eigenvalue weighted by atomic mass is 10.2. The molecule has 0 aliphatic carbocycles. The van der Waals surface area contributed by atoms with Crippen molar-refractivity contribution in [2.75, 3.05) is 5.32 Å². The van der Waals surface area contributed by atoms with E-state index in [9.17, 15) is 14.4 Å². The molecule has 1 N–H and O–H groups in total. The molecule has 1 unspecified atom stereocenters. The molecule has 0 fully saturated rings. The molecule has 7 heteroatoms. The van der Waals surface area contributed by atoms with Crippen LogP contribution in [0, 0.1) is 0 Å². The molecular weight excluding hydrogens is 303 g/mol. The molecule has 1 aromatic rings. The van der Waals surface area contributed by atoms with Gasteiger partial charge in [-0.25, -0.2) is 0 Å². The van der Waals surface area contributed by atoms with Crippen molar-refractivity contribution in [2.45, 2.75) is 13.0 Å². The van der Waals surface area contributed by atoms with E-state index in [1.807, 2.05) is 0 Å². The molecule has 1 atom stereocenters. The van der Waals surface area contributed by atoms with Crippen molar-refractivity contribution in [3.05, 3.63) is 40.4 Å². The van der Waals surface area contributed by atoms with Gasteiger partial charge in [0.15, 0.2) is 0 Å². The topological polar surface area (TPSA) is 66.5 Å². The van der Waals surface area contributed by atoms with E-state index in [1.54, 1.807) is 12.1 Å². The summed E-state index contributed by atoms with van der Waals surface area (Å²) in [6.07, 6.45) is 2.25. The third-order valence-electron chi connectivity index (χ3n) is 2.80. The minimum atomic E-state index is -0.934. The summed E-state index contributed by atoms with van der Waals surface area (Å²) in [6.45, 7) is 1.46. The Balaban J connectivity index is 2.12. The van der Waals surface area contributed by atoms with E-state index in [2.05, 4.69) is 5.32 Å². The van der Waals surface area contributed by atoms with Gasteiger partial charge in [-0.1, -0.05) is 23.2 Å². The standard InChI is InChI=1S/C13H10Cl2N2O3/c1-7(17-11(18)4-5-12(17)19)13(20)16-10-3-2-8(14)6-9(10)15/h2-7H,1H3,(H,16,20). The lowest BCUT2D eigenvalue weighted by Crippen LogP contribution is -2.45. The molecule has 1 aliphatic rings. The smallest absolute Gasteiger partial charge is 0.254 e. The van der Waals surface area contributed by atoms with Gasteiger partial charge < -0.3 is 5.32 Å². The number of imide groups is 1. The van der Waals surface area contributed by atoms with Crippen LogP contribution in [0.15, 0.2) is 30.4 Å². The van der Waals surface area contributed by atoms with Crippen LogP contribution in [-0.4, -0.2) is 28.7 Å². The molecule has 0 saturated heterocycles. The first-order valence-electron chi connectivity index (χ1n) is 5.71. The fourth-order valence-electron chi connectivity index (χ4n) is 1.74. The van der Waals surface area contributed by atoms with Crippen molar-refractivity contribution in [3.63, 3.8) is 0 Å². The molecular formula is C13H10Cl2N2O3. The highest BCUT2D eigenvalue weighted by atomic mass is 35.5. The molecule has 0 aromatic heterocycles. The Morgan fingerprint density at radius 2 is 1.80 bits per heavy atom. The molecule has 3 amide bonds. The Morgan fingerprint density at radius 3 is 2.35 bits per heavy atom. The maximum Gasteiger partial charge on any atom is 0.254 e. The van der Waals surface area contributed by atoms with Gasteiger partial charge in [0.05, 0.1) is 10.7 Å². The number of rotatable bonds is 3. The fraction of sp³-hybridized carbons (Fsp3) is 0.154. The zero-order valence-electron chi connectivity index (χ0n) is 10.4. The third kappa shape index (κ3) is 2.84. The van der Waals surface area contributed by atoms with Crippen molar-refractivity contribution in [2.24, 2.45) is 0 Å². The second-order valence-electron chi connectivity index (χ2n) is 4.17. The van der Waals surface area contributed by atoms with Crippen LogP contribution >= 0.6 is 23.2 Å². The van der Waals surface area contributed by atoms with E-state index in [1.165, 1.54) is 13.0 Å². The highest BCUT2D eigenvalue weighted by molar-refractivity contribution is 6.36. The Hall–Kier alpha value is -1.85. The monoisotopic (exact) mass is 312 g/mol. The van der Waals surface area contributed by atoms with Gasteiger partial charge in [0.1, 0.15) is 6.04 Å². The highest BCUT2D eigenvalue weighted by Crippen LogP contribution is 2.25. The summed E-state index contributed by atoms with van der Waals surface area (Å²) in [5.74, 6) is -1.54. The highest BCUT2D eigenvalue weighted by Gasteiger charge is 2.32. The molecule has 1 aliphatic heterocycles. The van der Waals surface area contributed by atoms with E-state index < -0.39 is 23.8 Å². The quantitative estimate of drug-likeness (QED) is 0.870. The van der Waals surface area contributed by atoms with Gasteiger partial charge in [-0.15, -0.1) is 0 Å². The molecule has 0 bridgehead atoms. The van der Waals surface area contributed by atoms with Gasteiger partial charge in [0.2, 0.25) is 5.91 Å². The molecule has 2 rings (SSSR count). The molecule has 0 saturated carbocycles. The zero-order valence-corrected chi connectivity index (χ0v) is 11.9. The van der Waals surface area contributed by atoms with Gasteiger partial charge in [-0.2, -0.15) is 0 Å². The Bertz CT molecular complexity index is 610. The molecule has 5 nitrogen and oxygen atoms in total. The summed E-state index contributed by atoms with van der Waals surface area (Å²) in [4.78, 5) is 35.9. The molecule has 0 radical (unpaired) electrons.